The van der Waals surface area contributed by atoms with Crippen LogP contribution in [-0.2, 0) is 19.6 Å². The second-order valence-electron chi connectivity index (χ2n) is 7.92. The maximum atomic E-state index is 13.8. The van der Waals surface area contributed by atoms with Crippen LogP contribution in [0.1, 0.15) is 18.4 Å². The molecule has 10 heteroatoms. The first kappa shape index (κ1) is 24.4. The molecule has 1 fully saturated rings. The molecule has 0 bridgehead atoms. The van der Waals surface area contributed by atoms with Crippen molar-refractivity contribution in [3.8, 4) is 11.5 Å². The molecule has 0 aromatic heterocycles. The number of primary amides is 1. The van der Waals surface area contributed by atoms with Crippen molar-refractivity contribution in [2.75, 3.05) is 38.2 Å². The van der Waals surface area contributed by atoms with Crippen LogP contribution in [0.5, 0.6) is 11.5 Å². The number of nitrogens with zero attached hydrogens (tertiary/aromatic N) is 2. The van der Waals surface area contributed by atoms with E-state index in [0.717, 1.165) is 9.87 Å². The number of amides is 2. The van der Waals surface area contributed by atoms with Gasteiger partial charge >= 0.3 is 0 Å². The van der Waals surface area contributed by atoms with Crippen molar-refractivity contribution >= 4 is 27.5 Å². The molecule has 2 aromatic carbocycles. The van der Waals surface area contributed by atoms with Crippen LogP contribution in [0.3, 0.4) is 0 Å². The van der Waals surface area contributed by atoms with Gasteiger partial charge in [0.05, 0.1) is 19.9 Å². The number of sulfonamides is 1. The quantitative estimate of drug-likeness (QED) is 0.623. The van der Waals surface area contributed by atoms with Crippen molar-refractivity contribution in [2.24, 2.45) is 11.7 Å². The van der Waals surface area contributed by atoms with Crippen LogP contribution < -0.4 is 19.5 Å². The molecular weight excluding hydrogens is 446 g/mol. The summed E-state index contributed by atoms with van der Waals surface area (Å²) in [5.41, 5.74) is 6.44. The highest BCUT2D eigenvalue weighted by molar-refractivity contribution is 7.93. The molecule has 0 aliphatic carbocycles. The number of rotatable bonds is 8. The van der Waals surface area contributed by atoms with Gasteiger partial charge in [0.15, 0.2) is 0 Å². The number of anilines is 1. The molecule has 1 heterocycles. The third-order valence-electron chi connectivity index (χ3n) is 5.78. The van der Waals surface area contributed by atoms with Gasteiger partial charge in [0.2, 0.25) is 11.8 Å². The number of nitrogens with two attached hydrogens (primary N) is 1. The molecule has 0 saturated carbocycles. The molecular formula is C23H29N3O6S. The predicted octanol–water partition coefficient (Wildman–Crippen LogP) is 1.93. The molecule has 0 unspecified atom stereocenters. The molecule has 2 amide bonds. The molecule has 3 rings (SSSR count). The van der Waals surface area contributed by atoms with Gasteiger partial charge < -0.3 is 20.1 Å². The molecule has 178 valence electrons. The van der Waals surface area contributed by atoms with Gasteiger partial charge in [0.25, 0.3) is 10.0 Å². The van der Waals surface area contributed by atoms with Gasteiger partial charge in [-0.2, -0.15) is 0 Å². The monoisotopic (exact) mass is 475 g/mol. The van der Waals surface area contributed by atoms with Crippen LogP contribution in [0.2, 0.25) is 0 Å². The van der Waals surface area contributed by atoms with Crippen molar-refractivity contribution in [2.45, 2.75) is 24.7 Å². The van der Waals surface area contributed by atoms with Gasteiger partial charge in [-0.05, 0) is 61.7 Å². The first-order valence-corrected chi connectivity index (χ1v) is 12.0. The number of methoxy groups -OCH3 is 2. The zero-order valence-electron chi connectivity index (χ0n) is 19.0. The summed E-state index contributed by atoms with van der Waals surface area (Å²) in [5.74, 6) is -0.259. The standard InChI is InChI=1S/C23H29N3O6S/c1-16-4-9-20(32-3)21(14-16)33(29,30)26(18-5-7-19(31-2)8-6-18)15-22(27)25-12-10-17(11-13-25)23(24)28/h4-9,14,17H,10-13,15H2,1-3H3,(H2,24,28). The lowest BCUT2D eigenvalue weighted by Gasteiger charge is -2.33. The van der Waals surface area contributed by atoms with E-state index in [1.165, 1.54) is 20.3 Å². The Hall–Kier alpha value is -3.27. The van der Waals surface area contributed by atoms with Gasteiger partial charge in [0, 0.05) is 19.0 Å². The minimum atomic E-state index is -4.15. The van der Waals surface area contributed by atoms with E-state index in [-0.39, 0.29) is 28.4 Å². The Labute approximate surface area is 194 Å². The van der Waals surface area contributed by atoms with Crippen molar-refractivity contribution in [1.82, 2.24) is 4.90 Å². The van der Waals surface area contributed by atoms with Gasteiger partial charge in [-0.25, -0.2) is 8.42 Å². The Morgan fingerprint density at radius 1 is 1.06 bits per heavy atom. The highest BCUT2D eigenvalue weighted by atomic mass is 32.2. The summed E-state index contributed by atoms with van der Waals surface area (Å²) in [4.78, 5) is 26.1. The SMILES string of the molecule is COc1ccc(N(CC(=O)N2CCC(C(N)=O)CC2)S(=O)(=O)c2cc(C)ccc2OC)cc1. The number of likely N-dealkylation sites (tertiary alicyclic amines) is 1. The Bertz CT molecular complexity index is 1110. The zero-order chi connectivity index (χ0) is 24.2. The minimum absolute atomic E-state index is 0.0268. The minimum Gasteiger partial charge on any atom is -0.497 e. The zero-order valence-corrected chi connectivity index (χ0v) is 19.8. The van der Waals surface area contributed by atoms with Crippen LogP contribution in [0.4, 0.5) is 5.69 Å². The van der Waals surface area contributed by atoms with Crippen LogP contribution in [0.25, 0.3) is 0 Å². The van der Waals surface area contributed by atoms with E-state index < -0.39 is 16.6 Å². The number of benzene rings is 2. The van der Waals surface area contributed by atoms with Crippen molar-refractivity contribution in [3.05, 3.63) is 48.0 Å². The number of ether oxygens (including phenoxy) is 2. The number of carbonyl (C=O) groups excluding carboxylic acids is 2. The second kappa shape index (κ2) is 10.1. The van der Waals surface area contributed by atoms with E-state index in [1.807, 2.05) is 0 Å². The first-order valence-electron chi connectivity index (χ1n) is 10.6. The molecule has 1 saturated heterocycles. The summed E-state index contributed by atoms with van der Waals surface area (Å²) >= 11 is 0. The van der Waals surface area contributed by atoms with E-state index in [0.29, 0.717) is 37.4 Å². The van der Waals surface area contributed by atoms with Crippen LogP contribution in [0, 0.1) is 12.8 Å². The lowest BCUT2D eigenvalue weighted by molar-refractivity contribution is -0.133. The van der Waals surface area contributed by atoms with Crippen molar-refractivity contribution < 1.29 is 27.5 Å². The molecule has 0 atom stereocenters. The maximum Gasteiger partial charge on any atom is 0.268 e. The molecule has 33 heavy (non-hydrogen) atoms. The topological polar surface area (TPSA) is 119 Å². The lowest BCUT2D eigenvalue weighted by atomic mass is 9.96. The first-order chi connectivity index (χ1) is 15.7. The molecule has 0 spiro atoms. The summed E-state index contributed by atoms with van der Waals surface area (Å²) in [6.45, 7) is 2.07. The van der Waals surface area contributed by atoms with Crippen molar-refractivity contribution in [3.63, 3.8) is 0 Å². The number of hydrogen-bond acceptors (Lipinski definition) is 6. The molecule has 2 N–H and O–H groups in total. The summed E-state index contributed by atoms with van der Waals surface area (Å²) in [6.07, 6.45) is 0.921. The summed E-state index contributed by atoms with van der Waals surface area (Å²) in [6, 6.07) is 11.3. The van der Waals surface area contributed by atoms with E-state index in [2.05, 4.69) is 0 Å². The summed E-state index contributed by atoms with van der Waals surface area (Å²) < 4.78 is 39.1. The Morgan fingerprint density at radius 2 is 1.70 bits per heavy atom. The molecule has 1 aliphatic rings. The lowest BCUT2D eigenvalue weighted by Crippen LogP contribution is -2.47. The normalized spacial score (nSPS) is 14.6. The van der Waals surface area contributed by atoms with Gasteiger partial charge in [-0.15, -0.1) is 0 Å². The average molecular weight is 476 g/mol. The van der Waals surface area contributed by atoms with Gasteiger partial charge in [-0.1, -0.05) is 6.07 Å². The number of piperidine rings is 1. The fourth-order valence-corrected chi connectivity index (χ4v) is 5.46. The van der Waals surface area contributed by atoms with E-state index in [9.17, 15) is 18.0 Å². The molecule has 0 radical (unpaired) electrons. The third kappa shape index (κ3) is 5.39. The second-order valence-corrected chi connectivity index (χ2v) is 9.75. The van der Waals surface area contributed by atoms with Crippen LogP contribution in [0.15, 0.2) is 47.4 Å². The highest BCUT2D eigenvalue weighted by Crippen LogP contribution is 2.32. The summed E-state index contributed by atoms with van der Waals surface area (Å²) in [7, 11) is -1.24. The van der Waals surface area contributed by atoms with E-state index >= 15 is 0 Å². The molecule has 1 aliphatic heterocycles. The average Bonchev–Trinajstić information content (AvgIpc) is 2.82. The van der Waals surface area contributed by atoms with Crippen LogP contribution >= 0.6 is 0 Å². The fraction of sp³-hybridized carbons (Fsp3) is 0.391. The van der Waals surface area contributed by atoms with Crippen LogP contribution in [-0.4, -0.2) is 59.0 Å². The summed E-state index contributed by atoms with van der Waals surface area (Å²) in [5, 5.41) is 0. The maximum absolute atomic E-state index is 13.8. The highest BCUT2D eigenvalue weighted by Gasteiger charge is 2.33. The van der Waals surface area contributed by atoms with Gasteiger partial charge in [0.1, 0.15) is 22.9 Å². The number of aryl methyl sites for hydroxylation is 1. The fourth-order valence-electron chi connectivity index (χ4n) is 3.80. The smallest absolute Gasteiger partial charge is 0.268 e. The number of hydrogen-bond donors (Lipinski definition) is 1. The Morgan fingerprint density at radius 3 is 2.24 bits per heavy atom. The molecule has 9 nitrogen and oxygen atoms in total. The third-order valence-corrected chi connectivity index (χ3v) is 7.57. The van der Waals surface area contributed by atoms with Crippen molar-refractivity contribution in [1.29, 1.82) is 0 Å². The van der Waals surface area contributed by atoms with Gasteiger partial charge in [-0.3, -0.25) is 13.9 Å². The Balaban J connectivity index is 1.96. The van der Waals surface area contributed by atoms with E-state index in [4.69, 9.17) is 15.2 Å². The largest absolute Gasteiger partial charge is 0.497 e. The predicted molar refractivity (Wildman–Crippen MR) is 124 cm³/mol. The Kier molecular flexibility index (Phi) is 7.47. The van der Waals surface area contributed by atoms with E-state index in [1.54, 1.807) is 48.2 Å². The number of carbonyl (C=O) groups is 2. The molecule has 2 aromatic rings.